The molecule has 0 fully saturated rings. The van der Waals surface area contributed by atoms with Gasteiger partial charge in [-0.05, 0) is 19.5 Å². The molecule has 0 aliphatic rings. The standard InChI is InChI=1S/C13H17N3O3S2/c1-8-4-3-5-9-10(14)12(20-11(8)9)13(17)16-6-7-21(18,19)15-2/h3-5,15H,6-7,14H2,1-2H3,(H,16,17). The highest BCUT2D eigenvalue weighted by atomic mass is 32.2. The SMILES string of the molecule is CNS(=O)(=O)CCNC(=O)c1sc2c(C)cccc2c1N. The van der Waals surface area contributed by atoms with Gasteiger partial charge in [0, 0.05) is 16.6 Å². The Bertz CT molecular complexity index is 781. The third-order valence-corrected chi connectivity index (χ3v) is 5.84. The van der Waals surface area contributed by atoms with Gasteiger partial charge in [0.25, 0.3) is 5.91 Å². The Labute approximate surface area is 127 Å². The van der Waals surface area contributed by atoms with Crippen molar-refractivity contribution in [1.82, 2.24) is 10.0 Å². The summed E-state index contributed by atoms with van der Waals surface area (Å²) in [5.41, 5.74) is 7.51. The normalized spacial score (nSPS) is 11.7. The molecule has 114 valence electrons. The van der Waals surface area contributed by atoms with E-state index in [2.05, 4.69) is 10.0 Å². The van der Waals surface area contributed by atoms with Crippen LogP contribution >= 0.6 is 11.3 Å². The summed E-state index contributed by atoms with van der Waals surface area (Å²) >= 11 is 1.32. The van der Waals surface area contributed by atoms with Crippen molar-refractivity contribution in [1.29, 1.82) is 0 Å². The lowest BCUT2D eigenvalue weighted by Gasteiger charge is -2.04. The minimum absolute atomic E-state index is 0.0364. The number of nitrogens with one attached hydrogen (secondary N) is 2. The molecule has 0 atom stereocenters. The maximum absolute atomic E-state index is 12.1. The molecular weight excluding hydrogens is 310 g/mol. The van der Waals surface area contributed by atoms with Crippen molar-refractivity contribution in [2.75, 3.05) is 25.1 Å². The highest BCUT2D eigenvalue weighted by molar-refractivity contribution is 7.89. The molecule has 0 unspecified atom stereocenters. The molecule has 0 radical (unpaired) electrons. The second kappa shape index (κ2) is 6.00. The summed E-state index contributed by atoms with van der Waals surface area (Å²) in [5.74, 6) is -0.515. The molecule has 1 amide bonds. The zero-order valence-electron chi connectivity index (χ0n) is 11.8. The van der Waals surface area contributed by atoms with Crippen molar-refractivity contribution in [3.05, 3.63) is 28.6 Å². The second-order valence-corrected chi connectivity index (χ2v) is 7.64. The van der Waals surface area contributed by atoms with E-state index in [1.54, 1.807) is 0 Å². The molecular formula is C13H17N3O3S2. The number of anilines is 1. The molecule has 21 heavy (non-hydrogen) atoms. The van der Waals surface area contributed by atoms with Crippen LogP contribution in [0.15, 0.2) is 18.2 Å². The average molecular weight is 327 g/mol. The van der Waals surface area contributed by atoms with E-state index in [-0.39, 0.29) is 18.2 Å². The number of carbonyl (C=O) groups excluding carboxylic acids is 1. The first-order valence-corrected chi connectivity index (χ1v) is 8.79. The molecule has 0 spiro atoms. The van der Waals surface area contributed by atoms with Gasteiger partial charge in [0.15, 0.2) is 0 Å². The number of aryl methyl sites for hydroxylation is 1. The van der Waals surface area contributed by atoms with E-state index in [0.717, 1.165) is 15.6 Å². The van der Waals surface area contributed by atoms with Crippen LogP contribution in [0.1, 0.15) is 15.2 Å². The van der Waals surface area contributed by atoms with E-state index >= 15 is 0 Å². The number of thiophene rings is 1. The monoisotopic (exact) mass is 327 g/mol. The third kappa shape index (κ3) is 3.34. The number of hydrogen-bond donors (Lipinski definition) is 3. The fourth-order valence-electron chi connectivity index (χ4n) is 1.93. The van der Waals surface area contributed by atoms with Crippen molar-refractivity contribution >= 4 is 43.0 Å². The number of fused-ring (bicyclic) bond motifs is 1. The summed E-state index contributed by atoms with van der Waals surface area (Å²) in [6, 6.07) is 5.72. The van der Waals surface area contributed by atoms with Gasteiger partial charge in [0.05, 0.1) is 11.4 Å². The first kappa shape index (κ1) is 15.7. The Morgan fingerprint density at radius 3 is 2.71 bits per heavy atom. The molecule has 0 saturated heterocycles. The van der Waals surface area contributed by atoms with E-state index in [4.69, 9.17) is 5.73 Å². The predicted octanol–water partition coefficient (Wildman–Crippen LogP) is 1.07. The molecule has 4 N–H and O–H groups in total. The van der Waals surface area contributed by atoms with Crippen LogP contribution in [0.4, 0.5) is 5.69 Å². The van der Waals surface area contributed by atoms with Gasteiger partial charge >= 0.3 is 0 Å². The number of rotatable bonds is 5. The van der Waals surface area contributed by atoms with Crippen LogP contribution in [0.5, 0.6) is 0 Å². The molecule has 6 nitrogen and oxygen atoms in total. The van der Waals surface area contributed by atoms with Gasteiger partial charge in [-0.25, -0.2) is 13.1 Å². The van der Waals surface area contributed by atoms with E-state index in [1.165, 1.54) is 18.4 Å². The summed E-state index contributed by atoms with van der Waals surface area (Å²) in [6.07, 6.45) is 0. The van der Waals surface area contributed by atoms with Crippen LogP contribution in [0.2, 0.25) is 0 Å². The van der Waals surface area contributed by atoms with Crippen LogP contribution in [0.3, 0.4) is 0 Å². The van der Waals surface area contributed by atoms with Gasteiger partial charge in [-0.3, -0.25) is 4.79 Å². The maximum Gasteiger partial charge on any atom is 0.263 e. The first-order valence-electron chi connectivity index (χ1n) is 6.32. The van der Waals surface area contributed by atoms with Gasteiger partial charge < -0.3 is 11.1 Å². The minimum atomic E-state index is -3.33. The number of nitrogens with two attached hydrogens (primary N) is 1. The Kier molecular flexibility index (Phi) is 4.50. The smallest absolute Gasteiger partial charge is 0.263 e. The van der Waals surface area contributed by atoms with Gasteiger partial charge in [-0.1, -0.05) is 18.2 Å². The van der Waals surface area contributed by atoms with Crippen molar-refractivity contribution in [3.8, 4) is 0 Å². The molecule has 1 heterocycles. The van der Waals surface area contributed by atoms with Crippen LogP contribution in [-0.2, 0) is 10.0 Å². The van der Waals surface area contributed by atoms with Crippen molar-refractivity contribution in [3.63, 3.8) is 0 Å². The summed E-state index contributed by atoms with van der Waals surface area (Å²) in [7, 11) is -1.99. The molecule has 2 aromatic rings. The largest absolute Gasteiger partial charge is 0.397 e. The minimum Gasteiger partial charge on any atom is -0.397 e. The summed E-state index contributed by atoms with van der Waals surface area (Å²) in [4.78, 5) is 12.5. The number of nitrogen functional groups attached to an aromatic ring is 1. The third-order valence-electron chi connectivity index (χ3n) is 3.12. The Morgan fingerprint density at radius 2 is 2.10 bits per heavy atom. The Balaban J connectivity index is 2.17. The quantitative estimate of drug-likeness (QED) is 0.764. The molecule has 0 aliphatic heterocycles. The van der Waals surface area contributed by atoms with Crippen LogP contribution in [0, 0.1) is 6.92 Å². The van der Waals surface area contributed by atoms with Gasteiger partial charge in [-0.15, -0.1) is 11.3 Å². The molecule has 8 heteroatoms. The topological polar surface area (TPSA) is 101 Å². The molecule has 0 aliphatic carbocycles. The number of hydrogen-bond acceptors (Lipinski definition) is 5. The van der Waals surface area contributed by atoms with Gasteiger partial charge in [-0.2, -0.15) is 0 Å². The second-order valence-electron chi connectivity index (χ2n) is 4.58. The molecule has 2 rings (SSSR count). The Morgan fingerprint density at radius 1 is 1.38 bits per heavy atom. The predicted molar refractivity (Wildman–Crippen MR) is 86.2 cm³/mol. The molecule has 1 aromatic carbocycles. The zero-order chi connectivity index (χ0) is 15.6. The van der Waals surface area contributed by atoms with Crippen LogP contribution in [0.25, 0.3) is 10.1 Å². The van der Waals surface area contributed by atoms with E-state index in [0.29, 0.717) is 10.6 Å². The van der Waals surface area contributed by atoms with Crippen LogP contribution < -0.4 is 15.8 Å². The van der Waals surface area contributed by atoms with Gasteiger partial charge in [0.2, 0.25) is 10.0 Å². The molecule has 1 aromatic heterocycles. The van der Waals surface area contributed by atoms with Gasteiger partial charge in [0.1, 0.15) is 4.88 Å². The first-order chi connectivity index (χ1) is 9.85. The number of amides is 1. The summed E-state index contributed by atoms with van der Waals surface area (Å²) in [5, 5.41) is 3.44. The van der Waals surface area contributed by atoms with Crippen molar-refractivity contribution < 1.29 is 13.2 Å². The fraction of sp³-hybridized carbons (Fsp3) is 0.308. The number of sulfonamides is 1. The lowest BCUT2D eigenvalue weighted by molar-refractivity contribution is 0.0961. The van der Waals surface area contributed by atoms with E-state index in [1.807, 2.05) is 25.1 Å². The van der Waals surface area contributed by atoms with E-state index < -0.39 is 10.0 Å². The lowest BCUT2D eigenvalue weighted by atomic mass is 10.1. The molecule has 0 saturated carbocycles. The highest BCUT2D eigenvalue weighted by Crippen LogP contribution is 2.35. The average Bonchev–Trinajstić information content (AvgIpc) is 2.78. The summed E-state index contributed by atoms with van der Waals surface area (Å²) < 4.78 is 25.7. The Hall–Kier alpha value is -1.64. The van der Waals surface area contributed by atoms with Crippen molar-refractivity contribution in [2.45, 2.75) is 6.92 Å². The highest BCUT2D eigenvalue weighted by Gasteiger charge is 2.17. The number of benzene rings is 1. The van der Waals surface area contributed by atoms with Crippen LogP contribution in [-0.4, -0.2) is 33.7 Å². The molecule has 0 bridgehead atoms. The fourth-order valence-corrected chi connectivity index (χ4v) is 3.61. The summed E-state index contributed by atoms with van der Waals surface area (Å²) in [6.45, 7) is 1.99. The zero-order valence-corrected chi connectivity index (χ0v) is 13.4. The van der Waals surface area contributed by atoms with Crippen molar-refractivity contribution in [2.24, 2.45) is 0 Å². The number of carbonyl (C=O) groups is 1. The lowest BCUT2D eigenvalue weighted by Crippen LogP contribution is -2.32. The van der Waals surface area contributed by atoms with E-state index in [9.17, 15) is 13.2 Å². The maximum atomic E-state index is 12.1.